The molecule has 0 aliphatic rings. The maximum absolute atomic E-state index is 12.6. The zero-order valence-corrected chi connectivity index (χ0v) is 15.9. The number of hydrogen-bond donors (Lipinski definition) is 1. The number of hydrogen-bond acceptors (Lipinski definition) is 8. The lowest BCUT2D eigenvalue weighted by Gasteiger charge is -2.02. The highest BCUT2D eigenvalue weighted by Gasteiger charge is 2.23. The summed E-state index contributed by atoms with van der Waals surface area (Å²) in [7, 11) is 0. The Morgan fingerprint density at radius 2 is 1.96 bits per heavy atom. The van der Waals surface area contributed by atoms with Gasteiger partial charge in [0.1, 0.15) is 5.69 Å². The maximum Gasteiger partial charge on any atom is 0.355 e. The van der Waals surface area contributed by atoms with Crippen LogP contribution in [0.3, 0.4) is 0 Å². The van der Waals surface area contributed by atoms with E-state index in [1.807, 2.05) is 0 Å². The number of nitrogens with one attached hydrogen (secondary N) is 1. The van der Waals surface area contributed by atoms with Crippen molar-refractivity contribution >= 4 is 23.5 Å². The van der Waals surface area contributed by atoms with Crippen LogP contribution in [0.5, 0.6) is 0 Å². The fraction of sp³-hybridized carbons (Fsp3) is 0.278. The molecule has 0 radical (unpaired) electrons. The fourth-order valence-electron chi connectivity index (χ4n) is 2.65. The van der Waals surface area contributed by atoms with Gasteiger partial charge in [-0.25, -0.2) is 4.79 Å². The van der Waals surface area contributed by atoms with Gasteiger partial charge in [0.05, 0.1) is 12.4 Å². The number of rotatable bonds is 7. The summed E-state index contributed by atoms with van der Waals surface area (Å²) in [5.41, 5.74) is 2.76. The number of aromatic amines is 1. The molecule has 3 aromatic heterocycles. The van der Waals surface area contributed by atoms with Gasteiger partial charge in [-0.3, -0.25) is 9.78 Å². The van der Waals surface area contributed by atoms with Crippen LogP contribution < -0.4 is 0 Å². The molecule has 3 heterocycles. The van der Waals surface area contributed by atoms with Crippen molar-refractivity contribution in [3.05, 3.63) is 47.0 Å². The Labute approximate surface area is 159 Å². The summed E-state index contributed by atoms with van der Waals surface area (Å²) in [6.07, 6.45) is 3.27. The van der Waals surface area contributed by atoms with Crippen LogP contribution in [0.2, 0.25) is 0 Å². The molecule has 0 amide bonds. The number of aryl methyl sites for hydroxylation is 1. The van der Waals surface area contributed by atoms with Crippen LogP contribution in [0.15, 0.2) is 34.2 Å². The highest BCUT2D eigenvalue weighted by atomic mass is 32.2. The number of pyridine rings is 1. The van der Waals surface area contributed by atoms with Crippen molar-refractivity contribution < 1.29 is 18.7 Å². The van der Waals surface area contributed by atoms with Crippen molar-refractivity contribution in [1.82, 2.24) is 20.2 Å². The summed E-state index contributed by atoms with van der Waals surface area (Å²) in [6.45, 7) is 5.48. The van der Waals surface area contributed by atoms with Crippen LogP contribution in [0, 0.1) is 13.8 Å². The Kier molecular flexibility index (Phi) is 5.70. The van der Waals surface area contributed by atoms with Gasteiger partial charge < -0.3 is 14.1 Å². The SMILES string of the molecule is CCOC(=O)c1[nH]c(C)c(C(=O)CSc2nnc(-c3ccncc3)o2)c1C. The van der Waals surface area contributed by atoms with E-state index in [9.17, 15) is 9.59 Å². The second-order valence-corrected chi connectivity index (χ2v) is 6.59. The molecule has 3 rings (SSSR count). The number of nitrogens with zero attached hydrogens (tertiary/aromatic N) is 3. The lowest BCUT2D eigenvalue weighted by Crippen LogP contribution is -2.08. The highest BCUT2D eigenvalue weighted by Crippen LogP contribution is 2.25. The van der Waals surface area contributed by atoms with E-state index in [1.165, 1.54) is 0 Å². The molecule has 0 saturated heterocycles. The number of ether oxygens (including phenoxy) is 1. The zero-order valence-electron chi connectivity index (χ0n) is 15.1. The Morgan fingerprint density at radius 1 is 1.22 bits per heavy atom. The van der Waals surface area contributed by atoms with Crippen LogP contribution in [0.1, 0.15) is 39.0 Å². The summed E-state index contributed by atoms with van der Waals surface area (Å²) >= 11 is 1.15. The molecule has 0 aromatic carbocycles. The molecule has 3 aromatic rings. The maximum atomic E-state index is 12.6. The van der Waals surface area contributed by atoms with Crippen LogP contribution in [0.4, 0.5) is 0 Å². The minimum atomic E-state index is -0.469. The molecule has 0 spiro atoms. The average Bonchev–Trinajstić information content (AvgIpc) is 3.25. The molecule has 9 heteroatoms. The van der Waals surface area contributed by atoms with Crippen LogP contribution >= 0.6 is 11.8 Å². The topological polar surface area (TPSA) is 111 Å². The number of H-pyrrole nitrogens is 1. The average molecular weight is 386 g/mol. The van der Waals surface area contributed by atoms with Gasteiger partial charge >= 0.3 is 5.97 Å². The van der Waals surface area contributed by atoms with Crippen molar-refractivity contribution in [3.63, 3.8) is 0 Å². The van der Waals surface area contributed by atoms with E-state index in [1.54, 1.807) is 45.3 Å². The fourth-order valence-corrected chi connectivity index (χ4v) is 3.29. The van der Waals surface area contributed by atoms with Gasteiger partial charge in [-0.15, -0.1) is 10.2 Å². The Bertz CT molecular complexity index is 965. The third kappa shape index (κ3) is 4.08. The van der Waals surface area contributed by atoms with Crippen molar-refractivity contribution in [3.8, 4) is 11.5 Å². The first-order valence-electron chi connectivity index (χ1n) is 8.27. The van der Waals surface area contributed by atoms with Gasteiger partial charge in [-0.05, 0) is 38.5 Å². The summed E-state index contributed by atoms with van der Waals surface area (Å²) in [5, 5.41) is 8.23. The second kappa shape index (κ2) is 8.17. The molecule has 140 valence electrons. The molecular weight excluding hydrogens is 368 g/mol. The van der Waals surface area contributed by atoms with Gasteiger partial charge in [0.25, 0.3) is 5.22 Å². The number of carbonyl (C=O) groups excluding carboxylic acids is 2. The van der Waals surface area contributed by atoms with Crippen molar-refractivity contribution in [2.24, 2.45) is 0 Å². The number of ketones is 1. The summed E-state index contributed by atoms with van der Waals surface area (Å²) in [4.78, 5) is 31.5. The van der Waals surface area contributed by atoms with E-state index in [0.717, 1.165) is 17.3 Å². The normalized spacial score (nSPS) is 10.8. The third-order valence-corrected chi connectivity index (χ3v) is 4.67. The van der Waals surface area contributed by atoms with E-state index >= 15 is 0 Å². The first-order chi connectivity index (χ1) is 13.0. The first-order valence-corrected chi connectivity index (χ1v) is 9.26. The summed E-state index contributed by atoms with van der Waals surface area (Å²) < 4.78 is 10.6. The van der Waals surface area contributed by atoms with Crippen LogP contribution in [0.25, 0.3) is 11.5 Å². The molecule has 0 atom stereocenters. The molecule has 0 unspecified atom stereocenters. The molecule has 0 saturated carbocycles. The van der Waals surface area contributed by atoms with Crippen molar-refractivity contribution in [2.75, 3.05) is 12.4 Å². The monoisotopic (exact) mass is 386 g/mol. The van der Waals surface area contributed by atoms with Crippen molar-refractivity contribution in [1.29, 1.82) is 0 Å². The van der Waals surface area contributed by atoms with E-state index in [-0.39, 0.29) is 18.1 Å². The first kappa shape index (κ1) is 18.8. The van der Waals surface area contributed by atoms with Gasteiger partial charge in [0, 0.05) is 29.2 Å². The molecule has 1 N–H and O–H groups in total. The minimum absolute atomic E-state index is 0.111. The van der Waals surface area contributed by atoms with E-state index in [0.29, 0.717) is 33.6 Å². The number of aromatic nitrogens is 4. The molecule has 27 heavy (non-hydrogen) atoms. The quantitative estimate of drug-likeness (QED) is 0.374. The second-order valence-electron chi connectivity index (χ2n) is 5.67. The van der Waals surface area contributed by atoms with Gasteiger partial charge in [-0.2, -0.15) is 0 Å². The number of esters is 1. The molecule has 0 fully saturated rings. The minimum Gasteiger partial charge on any atom is -0.461 e. The van der Waals surface area contributed by atoms with Crippen LogP contribution in [-0.2, 0) is 4.74 Å². The zero-order chi connectivity index (χ0) is 19.4. The van der Waals surface area contributed by atoms with E-state index in [4.69, 9.17) is 9.15 Å². The molecular formula is C18H18N4O4S. The highest BCUT2D eigenvalue weighted by molar-refractivity contribution is 7.99. The summed E-state index contributed by atoms with van der Waals surface area (Å²) in [6, 6.07) is 3.52. The van der Waals surface area contributed by atoms with E-state index in [2.05, 4.69) is 20.2 Å². The molecule has 0 aliphatic carbocycles. The van der Waals surface area contributed by atoms with Crippen molar-refractivity contribution in [2.45, 2.75) is 26.0 Å². The number of Topliss-reactive ketones (excluding diaryl/α,β-unsaturated/α-hetero) is 1. The predicted octanol–water partition coefficient (Wildman–Crippen LogP) is 3.23. The number of carbonyl (C=O) groups is 2. The van der Waals surface area contributed by atoms with Gasteiger partial charge in [0.15, 0.2) is 5.78 Å². The Balaban J connectivity index is 1.70. The Hall–Kier alpha value is -2.94. The molecule has 0 bridgehead atoms. The standard InChI is InChI=1S/C18H18N4O4S/c1-4-25-17(24)15-10(2)14(11(3)20-15)13(23)9-27-18-22-21-16(26-18)12-5-7-19-8-6-12/h5-8,20H,4,9H2,1-3H3. The largest absolute Gasteiger partial charge is 0.461 e. The predicted molar refractivity (Wildman–Crippen MR) is 98.8 cm³/mol. The third-order valence-electron chi connectivity index (χ3n) is 3.86. The molecule has 8 nitrogen and oxygen atoms in total. The summed E-state index contributed by atoms with van der Waals surface area (Å²) in [5.74, 6) is -0.125. The number of thioether (sulfide) groups is 1. The smallest absolute Gasteiger partial charge is 0.355 e. The molecule has 0 aliphatic heterocycles. The van der Waals surface area contributed by atoms with Gasteiger partial charge in [-0.1, -0.05) is 11.8 Å². The van der Waals surface area contributed by atoms with Gasteiger partial charge in [0.2, 0.25) is 5.89 Å². The Morgan fingerprint density at radius 3 is 2.67 bits per heavy atom. The van der Waals surface area contributed by atoms with E-state index < -0.39 is 5.97 Å². The lowest BCUT2D eigenvalue weighted by atomic mass is 10.1. The van der Waals surface area contributed by atoms with Crippen LogP contribution in [-0.4, -0.2) is 44.3 Å². The lowest BCUT2D eigenvalue weighted by molar-refractivity contribution is 0.0519.